The average molecular weight is 266 g/mol. The Kier molecular flexibility index (Phi) is 3.67. The number of hydrogen-bond donors (Lipinski definition) is 0. The second kappa shape index (κ2) is 4.93. The van der Waals surface area contributed by atoms with Gasteiger partial charge in [-0.3, -0.25) is 4.79 Å². The van der Waals surface area contributed by atoms with Gasteiger partial charge in [0.25, 0.3) is 0 Å². The molecule has 1 amide bonds. The van der Waals surface area contributed by atoms with Crippen molar-refractivity contribution in [2.24, 2.45) is 5.41 Å². The summed E-state index contributed by atoms with van der Waals surface area (Å²) in [7, 11) is 0. The summed E-state index contributed by atoms with van der Waals surface area (Å²) < 4.78 is 0. The molecule has 1 aliphatic rings. The fourth-order valence-corrected chi connectivity index (χ4v) is 2.60. The lowest BCUT2D eigenvalue weighted by Crippen LogP contribution is -2.38. The molecule has 0 spiro atoms. The molecule has 1 aromatic carbocycles. The van der Waals surface area contributed by atoms with E-state index in [4.69, 9.17) is 11.6 Å². The smallest absolute Gasteiger partial charge is 0.228 e. The molecule has 18 heavy (non-hydrogen) atoms. The van der Waals surface area contributed by atoms with Crippen LogP contribution in [0.15, 0.2) is 24.3 Å². The molecule has 1 aromatic rings. The van der Waals surface area contributed by atoms with Gasteiger partial charge in [-0.25, -0.2) is 0 Å². The molecular formula is C15H20ClNO. The van der Waals surface area contributed by atoms with Gasteiger partial charge in [0.05, 0.1) is 6.04 Å². The van der Waals surface area contributed by atoms with E-state index in [2.05, 4.69) is 0 Å². The number of hydrogen-bond acceptors (Lipinski definition) is 1. The van der Waals surface area contributed by atoms with Gasteiger partial charge in [0.1, 0.15) is 0 Å². The molecule has 0 N–H and O–H groups in total. The summed E-state index contributed by atoms with van der Waals surface area (Å²) in [5, 5.41) is 0.741. The minimum absolute atomic E-state index is 0.217. The number of amides is 1. The number of carbonyl (C=O) groups is 1. The molecule has 98 valence electrons. The molecule has 2 rings (SSSR count). The first kappa shape index (κ1) is 13.4. The molecule has 0 unspecified atom stereocenters. The standard InChI is InChI=1S/C15H20ClNO/c1-15(2,3)14(18)17-10-4-5-13(17)11-6-8-12(16)9-7-11/h6-9,13H,4-5,10H2,1-3H3/t13-/m0/s1. The molecule has 1 heterocycles. The Bertz CT molecular complexity index is 433. The minimum atomic E-state index is -0.311. The van der Waals surface area contributed by atoms with Crippen LogP contribution in [0.4, 0.5) is 0 Å². The zero-order chi connectivity index (χ0) is 13.3. The van der Waals surface area contributed by atoms with E-state index in [-0.39, 0.29) is 17.4 Å². The number of carbonyl (C=O) groups excluding carboxylic acids is 1. The zero-order valence-electron chi connectivity index (χ0n) is 11.2. The molecule has 0 bridgehead atoms. The lowest BCUT2D eigenvalue weighted by Gasteiger charge is -2.31. The summed E-state index contributed by atoms with van der Waals surface area (Å²) in [6.45, 7) is 6.80. The number of rotatable bonds is 1. The van der Waals surface area contributed by atoms with Crippen molar-refractivity contribution >= 4 is 17.5 Å². The summed E-state index contributed by atoms with van der Waals surface area (Å²) in [6, 6.07) is 8.07. The van der Waals surface area contributed by atoms with Gasteiger partial charge >= 0.3 is 0 Å². The highest BCUT2D eigenvalue weighted by Crippen LogP contribution is 2.35. The lowest BCUT2D eigenvalue weighted by molar-refractivity contribution is -0.140. The van der Waals surface area contributed by atoms with Crippen LogP contribution in [-0.4, -0.2) is 17.4 Å². The fraction of sp³-hybridized carbons (Fsp3) is 0.533. The van der Waals surface area contributed by atoms with Gasteiger partial charge < -0.3 is 4.90 Å². The third kappa shape index (κ3) is 2.69. The van der Waals surface area contributed by atoms with Crippen molar-refractivity contribution in [3.05, 3.63) is 34.9 Å². The van der Waals surface area contributed by atoms with Crippen LogP contribution in [0.5, 0.6) is 0 Å². The van der Waals surface area contributed by atoms with E-state index in [1.165, 1.54) is 5.56 Å². The number of halogens is 1. The summed E-state index contributed by atoms with van der Waals surface area (Å²) in [5.41, 5.74) is 0.879. The normalized spacial score (nSPS) is 20.2. The minimum Gasteiger partial charge on any atom is -0.335 e. The van der Waals surface area contributed by atoms with E-state index in [0.717, 1.165) is 24.4 Å². The molecule has 0 aliphatic carbocycles. The second-order valence-electron chi connectivity index (χ2n) is 5.96. The van der Waals surface area contributed by atoms with E-state index >= 15 is 0 Å². The molecule has 3 heteroatoms. The van der Waals surface area contributed by atoms with Gasteiger partial charge in [-0.1, -0.05) is 44.5 Å². The van der Waals surface area contributed by atoms with E-state index in [1.807, 2.05) is 49.9 Å². The highest BCUT2D eigenvalue weighted by atomic mass is 35.5. The molecule has 0 aromatic heterocycles. The van der Waals surface area contributed by atoms with E-state index in [1.54, 1.807) is 0 Å². The van der Waals surface area contributed by atoms with Crippen LogP contribution in [-0.2, 0) is 4.79 Å². The van der Waals surface area contributed by atoms with E-state index < -0.39 is 0 Å². The third-order valence-corrected chi connectivity index (χ3v) is 3.66. The van der Waals surface area contributed by atoms with Crippen molar-refractivity contribution in [2.75, 3.05) is 6.54 Å². The number of nitrogens with zero attached hydrogens (tertiary/aromatic N) is 1. The van der Waals surface area contributed by atoms with Crippen molar-refractivity contribution in [3.8, 4) is 0 Å². The van der Waals surface area contributed by atoms with Crippen LogP contribution in [0.3, 0.4) is 0 Å². The topological polar surface area (TPSA) is 20.3 Å². The van der Waals surface area contributed by atoms with Crippen molar-refractivity contribution < 1.29 is 4.79 Å². The maximum atomic E-state index is 12.4. The fourth-order valence-electron chi connectivity index (χ4n) is 2.47. The Hall–Kier alpha value is -1.02. The molecule has 0 radical (unpaired) electrons. The quantitative estimate of drug-likeness (QED) is 0.750. The highest BCUT2D eigenvalue weighted by molar-refractivity contribution is 6.30. The molecule has 1 fully saturated rings. The second-order valence-corrected chi connectivity index (χ2v) is 6.39. The third-order valence-electron chi connectivity index (χ3n) is 3.41. The Morgan fingerprint density at radius 2 is 1.89 bits per heavy atom. The Balaban J connectivity index is 2.22. The summed E-state index contributed by atoms with van der Waals surface area (Å²) in [6.07, 6.45) is 2.12. The van der Waals surface area contributed by atoms with Crippen molar-refractivity contribution in [1.82, 2.24) is 4.90 Å². The van der Waals surface area contributed by atoms with Crippen molar-refractivity contribution in [3.63, 3.8) is 0 Å². The van der Waals surface area contributed by atoms with Crippen LogP contribution in [0.25, 0.3) is 0 Å². The predicted molar refractivity (Wildman–Crippen MR) is 74.6 cm³/mol. The Labute approximate surface area is 114 Å². The van der Waals surface area contributed by atoms with Crippen LogP contribution in [0.1, 0.15) is 45.2 Å². The van der Waals surface area contributed by atoms with E-state index in [0.29, 0.717) is 0 Å². The first-order valence-electron chi connectivity index (χ1n) is 6.46. The average Bonchev–Trinajstić information content (AvgIpc) is 2.76. The predicted octanol–water partition coefficient (Wildman–Crippen LogP) is 4.05. The van der Waals surface area contributed by atoms with Gasteiger partial charge in [-0.15, -0.1) is 0 Å². The Morgan fingerprint density at radius 1 is 1.28 bits per heavy atom. The number of likely N-dealkylation sites (tertiary alicyclic amines) is 1. The molecular weight excluding hydrogens is 246 g/mol. The summed E-state index contributed by atoms with van der Waals surface area (Å²) in [4.78, 5) is 14.4. The van der Waals surface area contributed by atoms with Crippen LogP contribution in [0, 0.1) is 5.41 Å². The van der Waals surface area contributed by atoms with Crippen LogP contribution < -0.4 is 0 Å². The summed E-state index contributed by atoms with van der Waals surface area (Å²) >= 11 is 5.91. The zero-order valence-corrected chi connectivity index (χ0v) is 12.0. The lowest BCUT2D eigenvalue weighted by atomic mass is 9.93. The van der Waals surface area contributed by atoms with Gasteiger partial charge in [0.2, 0.25) is 5.91 Å². The first-order chi connectivity index (χ1) is 8.39. The monoisotopic (exact) mass is 265 g/mol. The molecule has 1 atom stereocenters. The summed E-state index contributed by atoms with van der Waals surface area (Å²) in [5.74, 6) is 0.236. The van der Waals surface area contributed by atoms with Gasteiger partial charge in [0.15, 0.2) is 0 Å². The molecule has 1 aliphatic heterocycles. The molecule has 0 saturated carbocycles. The van der Waals surface area contributed by atoms with Gasteiger partial charge in [0, 0.05) is 17.0 Å². The maximum Gasteiger partial charge on any atom is 0.228 e. The van der Waals surface area contributed by atoms with Crippen LogP contribution >= 0.6 is 11.6 Å². The maximum absolute atomic E-state index is 12.4. The number of benzene rings is 1. The van der Waals surface area contributed by atoms with Crippen LogP contribution in [0.2, 0.25) is 5.02 Å². The van der Waals surface area contributed by atoms with E-state index in [9.17, 15) is 4.79 Å². The SMILES string of the molecule is CC(C)(C)C(=O)N1CCC[C@H]1c1ccc(Cl)cc1. The highest BCUT2D eigenvalue weighted by Gasteiger charge is 2.35. The van der Waals surface area contributed by atoms with Crippen molar-refractivity contribution in [1.29, 1.82) is 0 Å². The molecule has 2 nitrogen and oxygen atoms in total. The Morgan fingerprint density at radius 3 is 2.44 bits per heavy atom. The van der Waals surface area contributed by atoms with Gasteiger partial charge in [-0.05, 0) is 30.5 Å². The largest absolute Gasteiger partial charge is 0.335 e. The van der Waals surface area contributed by atoms with Gasteiger partial charge in [-0.2, -0.15) is 0 Å². The molecule has 1 saturated heterocycles. The first-order valence-corrected chi connectivity index (χ1v) is 6.84. The van der Waals surface area contributed by atoms with Crippen molar-refractivity contribution in [2.45, 2.75) is 39.7 Å².